The molecule has 0 bridgehead atoms. The first-order chi connectivity index (χ1) is 7.00. The summed E-state index contributed by atoms with van der Waals surface area (Å²) in [4.78, 5) is 43.1. The van der Waals surface area contributed by atoms with Crippen LogP contribution >= 0.6 is 15.6 Å². The van der Waals surface area contributed by atoms with Crippen molar-refractivity contribution < 1.29 is 48.0 Å². The molecular formula is C4H14O10P2. The second-order valence-electron chi connectivity index (χ2n) is 2.25. The van der Waals surface area contributed by atoms with E-state index in [0.717, 1.165) is 26.4 Å². The molecule has 0 aromatic carbocycles. The van der Waals surface area contributed by atoms with E-state index in [9.17, 15) is 0 Å². The van der Waals surface area contributed by atoms with E-state index in [-0.39, 0.29) is 0 Å². The lowest BCUT2D eigenvalue weighted by Gasteiger charge is -2.09. The van der Waals surface area contributed by atoms with Crippen LogP contribution < -0.4 is 0 Å². The molecule has 1 aliphatic rings. The van der Waals surface area contributed by atoms with E-state index in [1.54, 1.807) is 0 Å². The number of hydrogen-bond acceptors (Lipinski definition) is 4. The van der Waals surface area contributed by atoms with Gasteiger partial charge in [-0.3, -0.25) is 0 Å². The molecule has 0 aromatic rings. The van der Waals surface area contributed by atoms with Crippen molar-refractivity contribution in [3.05, 3.63) is 0 Å². The topological polar surface area (TPSA) is 174 Å². The molecule has 1 saturated heterocycles. The summed E-state index contributed by atoms with van der Waals surface area (Å²) in [5.41, 5.74) is 0. The van der Waals surface area contributed by atoms with Gasteiger partial charge in [0.1, 0.15) is 0 Å². The highest BCUT2D eigenvalue weighted by atomic mass is 31.2. The fourth-order valence-electron chi connectivity index (χ4n) is 0.440. The van der Waals surface area contributed by atoms with E-state index in [1.807, 2.05) is 0 Å². The summed E-state index contributed by atoms with van der Waals surface area (Å²) >= 11 is 0. The Kier molecular flexibility index (Phi) is 10.6. The van der Waals surface area contributed by atoms with Gasteiger partial charge in [-0.1, -0.05) is 0 Å². The lowest BCUT2D eigenvalue weighted by molar-refractivity contribution is -0.0334. The van der Waals surface area contributed by atoms with Gasteiger partial charge < -0.3 is 38.8 Å². The van der Waals surface area contributed by atoms with Crippen molar-refractivity contribution in [1.82, 2.24) is 0 Å². The highest BCUT2D eigenvalue weighted by Gasteiger charge is 2.00. The molecule has 12 heteroatoms. The average molecular weight is 284 g/mol. The third kappa shape index (κ3) is 64.8. The molecule has 0 aromatic heterocycles. The monoisotopic (exact) mass is 284 g/mol. The molecule has 0 spiro atoms. The van der Waals surface area contributed by atoms with Crippen LogP contribution in [-0.2, 0) is 18.6 Å². The van der Waals surface area contributed by atoms with Gasteiger partial charge in [-0.2, -0.15) is 0 Å². The Hall–Kier alpha value is 0.140. The Labute approximate surface area is 90.9 Å². The normalized spacial score (nSPS) is 16.4. The minimum atomic E-state index is -4.64. The highest BCUT2D eigenvalue weighted by molar-refractivity contribution is 7.45. The van der Waals surface area contributed by atoms with Gasteiger partial charge in [0.2, 0.25) is 0 Å². The van der Waals surface area contributed by atoms with Gasteiger partial charge in [0.15, 0.2) is 0 Å². The van der Waals surface area contributed by atoms with Gasteiger partial charge in [-0.05, 0) is 0 Å². The van der Waals surface area contributed by atoms with Gasteiger partial charge >= 0.3 is 15.6 Å². The van der Waals surface area contributed by atoms with Crippen molar-refractivity contribution in [3.63, 3.8) is 0 Å². The van der Waals surface area contributed by atoms with Crippen LogP contribution in [0.4, 0.5) is 0 Å². The average Bonchev–Trinajstić information content (AvgIpc) is 2.01. The van der Waals surface area contributed by atoms with Gasteiger partial charge in [-0.25, -0.2) is 9.13 Å². The van der Waals surface area contributed by atoms with Crippen LogP contribution in [0.15, 0.2) is 0 Å². The molecule has 0 amide bonds. The zero-order chi connectivity index (χ0) is 13.2. The summed E-state index contributed by atoms with van der Waals surface area (Å²) in [5, 5.41) is 0. The van der Waals surface area contributed by atoms with E-state index in [1.165, 1.54) is 0 Å². The van der Waals surface area contributed by atoms with Crippen LogP contribution in [0.1, 0.15) is 0 Å². The molecule has 1 heterocycles. The van der Waals surface area contributed by atoms with Crippen LogP contribution in [0, 0.1) is 0 Å². The Morgan fingerprint density at radius 1 is 0.625 bits per heavy atom. The number of ether oxygens (including phenoxy) is 2. The quantitative estimate of drug-likeness (QED) is 0.278. The first-order valence-electron chi connectivity index (χ1n) is 3.72. The largest absolute Gasteiger partial charge is 0.466 e. The zero-order valence-electron chi connectivity index (χ0n) is 8.04. The minimum Gasteiger partial charge on any atom is -0.377 e. The van der Waals surface area contributed by atoms with Crippen molar-refractivity contribution in [1.29, 1.82) is 0 Å². The maximum absolute atomic E-state index is 8.88. The standard InChI is InChI=1S/C4H8O2.2H3O4P/c1-2-6-4-3-5-1;2*1-5(2,3)4/h1-4H2;2*(H3,1,2,3,4). The summed E-state index contributed by atoms with van der Waals surface area (Å²) in [6.45, 7) is 3.11. The predicted octanol–water partition coefficient (Wildman–Crippen LogP) is -1.82. The molecule has 6 N–H and O–H groups in total. The number of phosphoric acid groups is 2. The minimum absolute atomic E-state index is 0.778. The second-order valence-corrected chi connectivity index (χ2v) is 4.30. The van der Waals surface area contributed by atoms with Gasteiger partial charge in [0, 0.05) is 0 Å². The molecule has 1 aliphatic heterocycles. The van der Waals surface area contributed by atoms with Crippen molar-refractivity contribution in [3.8, 4) is 0 Å². The van der Waals surface area contributed by atoms with Crippen molar-refractivity contribution in [2.75, 3.05) is 26.4 Å². The summed E-state index contributed by atoms with van der Waals surface area (Å²) in [7, 11) is -9.28. The third-order valence-corrected chi connectivity index (χ3v) is 0.744. The summed E-state index contributed by atoms with van der Waals surface area (Å²) < 4.78 is 27.7. The predicted molar refractivity (Wildman–Crippen MR) is 50.2 cm³/mol. The molecule has 1 rings (SSSR count). The first-order valence-corrected chi connectivity index (χ1v) is 6.85. The molecular weight excluding hydrogens is 270 g/mol. The van der Waals surface area contributed by atoms with Crippen molar-refractivity contribution in [2.45, 2.75) is 0 Å². The summed E-state index contributed by atoms with van der Waals surface area (Å²) in [6.07, 6.45) is 0. The molecule has 1 fully saturated rings. The van der Waals surface area contributed by atoms with E-state index in [4.69, 9.17) is 48.0 Å². The molecule has 0 saturated carbocycles. The maximum atomic E-state index is 8.88. The van der Waals surface area contributed by atoms with E-state index in [2.05, 4.69) is 0 Å². The SMILES string of the molecule is C1COCCO1.O=P(O)(O)O.O=P(O)(O)O. The highest BCUT2D eigenvalue weighted by Crippen LogP contribution is 2.26. The molecule has 100 valence electrons. The van der Waals surface area contributed by atoms with Crippen LogP contribution in [-0.4, -0.2) is 55.8 Å². The molecule has 10 nitrogen and oxygen atoms in total. The lowest BCUT2D eigenvalue weighted by atomic mass is 10.6. The summed E-state index contributed by atoms with van der Waals surface area (Å²) in [6, 6.07) is 0. The van der Waals surface area contributed by atoms with Crippen molar-refractivity contribution in [2.24, 2.45) is 0 Å². The molecule has 16 heavy (non-hydrogen) atoms. The van der Waals surface area contributed by atoms with E-state index < -0.39 is 15.6 Å². The Morgan fingerprint density at radius 2 is 0.750 bits per heavy atom. The second kappa shape index (κ2) is 9.20. The van der Waals surface area contributed by atoms with Gasteiger partial charge in [-0.15, -0.1) is 0 Å². The van der Waals surface area contributed by atoms with Crippen LogP contribution in [0.5, 0.6) is 0 Å². The molecule has 0 aliphatic carbocycles. The number of rotatable bonds is 0. The fourth-order valence-corrected chi connectivity index (χ4v) is 0.440. The fraction of sp³-hybridized carbons (Fsp3) is 1.00. The Morgan fingerprint density at radius 3 is 0.812 bits per heavy atom. The maximum Gasteiger partial charge on any atom is 0.466 e. The van der Waals surface area contributed by atoms with Crippen LogP contribution in [0.2, 0.25) is 0 Å². The van der Waals surface area contributed by atoms with Crippen molar-refractivity contribution >= 4 is 15.6 Å². The van der Waals surface area contributed by atoms with Crippen LogP contribution in [0.25, 0.3) is 0 Å². The molecule has 0 radical (unpaired) electrons. The lowest BCUT2D eigenvalue weighted by Crippen LogP contribution is -2.16. The van der Waals surface area contributed by atoms with E-state index in [0.29, 0.717) is 0 Å². The Bertz CT molecular complexity index is 189. The first kappa shape index (κ1) is 18.5. The van der Waals surface area contributed by atoms with Crippen LogP contribution in [0.3, 0.4) is 0 Å². The van der Waals surface area contributed by atoms with Gasteiger partial charge in [0.25, 0.3) is 0 Å². The Balaban J connectivity index is 0. The molecule has 0 atom stereocenters. The number of hydrogen-bond donors (Lipinski definition) is 6. The van der Waals surface area contributed by atoms with Gasteiger partial charge in [0.05, 0.1) is 26.4 Å². The smallest absolute Gasteiger partial charge is 0.377 e. The third-order valence-electron chi connectivity index (χ3n) is 0.744. The van der Waals surface area contributed by atoms with E-state index >= 15 is 0 Å². The zero-order valence-corrected chi connectivity index (χ0v) is 9.83. The summed E-state index contributed by atoms with van der Waals surface area (Å²) in [5.74, 6) is 0. The molecule has 0 unspecified atom stereocenters.